The summed E-state index contributed by atoms with van der Waals surface area (Å²) in [6.07, 6.45) is 1.05. The van der Waals surface area contributed by atoms with Gasteiger partial charge in [0.05, 0.1) is 11.0 Å². The number of aryl methyl sites for hydroxylation is 1. The molecule has 1 aromatic carbocycles. The number of benzene rings is 1. The standard InChI is InChI=1S/C15H21FN4/c1-9-6-14-12(7-11(9)16)18-15(17)20(14)13-4-5-19(3)8-10(13)2/h6-7,10,13H,4-5,8H2,1-3H3,(H2,17,18). The van der Waals surface area contributed by atoms with E-state index in [1.54, 1.807) is 6.92 Å². The number of imidazole rings is 1. The molecule has 2 unspecified atom stereocenters. The second-order valence-corrected chi connectivity index (χ2v) is 6.03. The molecule has 2 aromatic rings. The van der Waals surface area contributed by atoms with Crippen molar-refractivity contribution in [3.05, 3.63) is 23.5 Å². The third-order valence-corrected chi connectivity index (χ3v) is 4.39. The number of piperidine rings is 1. The van der Waals surface area contributed by atoms with Crippen molar-refractivity contribution in [3.8, 4) is 0 Å². The fraction of sp³-hybridized carbons (Fsp3) is 0.533. The summed E-state index contributed by atoms with van der Waals surface area (Å²) in [5, 5.41) is 0. The fourth-order valence-corrected chi connectivity index (χ4v) is 3.31. The van der Waals surface area contributed by atoms with Crippen LogP contribution in [-0.4, -0.2) is 34.6 Å². The largest absolute Gasteiger partial charge is 0.369 e. The number of fused-ring (bicyclic) bond motifs is 1. The number of nitrogens with two attached hydrogens (primary N) is 1. The fourth-order valence-electron chi connectivity index (χ4n) is 3.31. The Kier molecular flexibility index (Phi) is 3.17. The molecule has 0 aliphatic carbocycles. The van der Waals surface area contributed by atoms with E-state index in [4.69, 9.17) is 5.73 Å². The smallest absolute Gasteiger partial charge is 0.201 e. The third-order valence-electron chi connectivity index (χ3n) is 4.39. The van der Waals surface area contributed by atoms with Crippen molar-refractivity contribution in [2.24, 2.45) is 5.92 Å². The highest BCUT2D eigenvalue weighted by molar-refractivity contribution is 5.79. The first-order valence-corrected chi connectivity index (χ1v) is 7.09. The summed E-state index contributed by atoms with van der Waals surface area (Å²) in [5.41, 5.74) is 8.33. The number of likely N-dealkylation sites (tertiary alicyclic amines) is 1. The van der Waals surface area contributed by atoms with Gasteiger partial charge in [0.15, 0.2) is 0 Å². The maximum Gasteiger partial charge on any atom is 0.201 e. The molecule has 2 N–H and O–H groups in total. The van der Waals surface area contributed by atoms with Gasteiger partial charge >= 0.3 is 0 Å². The van der Waals surface area contributed by atoms with Crippen LogP contribution >= 0.6 is 0 Å². The highest BCUT2D eigenvalue weighted by Gasteiger charge is 2.28. The highest BCUT2D eigenvalue weighted by Crippen LogP contribution is 2.33. The molecule has 108 valence electrons. The summed E-state index contributed by atoms with van der Waals surface area (Å²) >= 11 is 0. The number of halogens is 1. The van der Waals surface area contributed by atoms with Crippen LogP contribution < -0.4 is 5.73 Å². The maximum absolute atomic E-state index is 13.7. The van der Waals surface area contributed by atoms with E-state index in [1.807, 2.05) is 6.07 Å². The Labute approximate surface area is 118 Å². The summed E-state index contributed by atoms with van der Waals surface area (Å²) in [6.45, 7) is 6.11. The predicted molar refractivity (Wildman–Crippen MR) is 79.2 cm³/mol. The molecule has 4 nitrogen and oxygen atoms in total. The van der Waals surface area contributed by atoms with Crippen LogP contribution in [0.1, 0.15) is 24.9 Å². The van der Waals surface area contributed by atoms with E-state index in [-0.39, 0.29) is 5.82 Å². The molecular weight excluding hydrogens is 255 g/mol. The molecule has 20 heavy (non-hydrogen) atoms. The molecule has 3 rings (SSSR count). The number of hydrogen-bond acceptors (Lipinski definition) is 3. The van der Waals surface area contributed by atoms with Crippen molar-refractivity contribution in [2.45, 2.75) is 26.3 Å². The summed E-state index contributed by atoms with van der Waals surface area (Å²) in [5.74, 6) is 0.767. The molecule has 2 heterocycles. The SMILES string of the molecule is Cc1cc2c(cc1F)nc(N)n2C1CCN(C)CC1C. The normalized spacial score (nSPS) is 24.4. The lowest BCUT2D eigenvalue weighted by atomic mass is 9.93. The lowest BCUT2D eigenvalue weighted by molar-refractivity contribution is 0.162. The van der Waals surface area contributed by atoms with Gasteiger partial charge in [0.1, 0.15) is 5.82 Å². The van der Waals surface area contributed by atoms with Gasteiger partial charge in [0.25, 0.3) is 0 Å². The monoisotopic (exact) mass is 276 g/mol. The lowest BCUT2D eigenvalue weighted by Gasteiger charge is -2.36. The van der Waals surface area contributed by atoms with Gasteiger partial charge in [-0.1, -0.05) is 6.92 Å². The van der Waals surface area contributed by atoms with Crippen molar-refractivity contribution >= 4 is 17.0 Å². The summed E-state index contributed by atoms with van der Waals surface area (Å²) in [4.78, 5) is 6.67. The Morgan fingerprint density at radius 1 is 1.40 bits per heavy atom. The number of aromatic nitrogens is 2. The zero-order valence-electron chi connectivity index (χ0n) is 12.2. The van der Waals surface area contributed by atoms with Gasteiger partial charge in [-0.05, 0) is 44.5 Å². The van der Waals surface area contributed by atoms with Crippen LogP contribution in [0, 0.1) is 18.7 Å². The molecule has 1 fully saturated rings. The Hall–Kier alpha value is -1.62. The van der Waals surface area contributed by atoms with E-state index < -0.39 is 0 Å². The first kappa shape index (κ1) is 13.4. The minimum Gasteiger partial charge on any atom is -0.369 e. The molecule has 2 atom stereocenters. The van der Waals surface area contributed by atoms with E-state index in [9.17, 15) is 4.39 Å². The molecule has 5 heteroatoms. The number of nitrogens with zero attached hydrogens (tertiary/aromatic N) is 3. The molecular formula is C15H21FN4. The van der Waals surface area contributed by atoms with Crippen molar-refractivity contribution < 1.29 is 4.39 Å². The molecule has 0 saturated carbocycles. The first-order valence-electron chi connectivity index (χ1n) is 7.09. The summed E-state index contributed by atoms with van der Waals surface area (Å²) in [7, 11) is 2.14. The van der Waals surface area contributed by atoms with Crippen LogP contribution in [0.25, 0.3) is 11.0 Å². The Bertz CT molecular complexity index is 649. The van der Waals surface area contributed by atoms with Crippen LogP contribution in [0.3, 0.4) is 0 Å². The van der Waals surface area contributed by atoms with Crippen LogP contribution in [0.15, 0.2) is 12.1 Å². The van der Waals surface area contributed by atoms with Crippen LogP contribution in [0.4, 0.5) is 10.3 Å². The van der Waals surface area contributed by atoms with Gasteiger partial charge < -0.3 is 15.2 Å². The average molecular weight is 276 g/mol. The predicted octanol–water partition coefficient (Wildman–Crippen LogP) is 2.58. The Balaban J connectivity index is 2.11. The van der Waals surface area contributed by atoms with Crippen molar-refractivity contribution in [3.63, 3.8) is 0 Å². The van der Waals surface area contributed by atoms with Crippen LogP contribution in [0.2, 0.25) is 0 Å². The second-order valence-electron chi connectivity index (χ2n) is 6.03. The average Bonchev–Trinajstić information content (AvgIpc) is 2.66. The summed E-state index contributed by atoms with van der Waals surface area (Å²) < 4.78 is 15.8. The minimum atomic E-state index is -0.224. The highest BCUT2D eigenvalue weighted by atomic mass is 19.1. The van der Waals surface area contributed by atoms with E-state index in [2.05, 4.69) is 28.4 Å². The molecule has 0 radical (unpaired) electrons. The second kappa shape index (κ2) is 4.74. The Morgan fingerprint density at radius 3 is 2.85 bits per heavy atom. The molecule has 0 spiro atoms. The number of rotatable bonds is 1. The topological polar surface area (TPSA) is 47.1 Å². The van der Waals surface area contributed by atoms with Gasteiger partial charge in [-0.25, -0.2) is 9.37 Å². The van der Waals surface area contributed by atoms with Gasteiger partial charge in [0, 0.05) is 18.7 Å². The first-order chi connectivity index (χ1) is 9.47. The van der Waals surface area contributed by atoms with E-state index >= 15 is 0 Å². The van der Waals surface area contributed by atoms with Crippen molar-refractivity contribution in [2.75, 3.05) is 25.9 Å². The number of nitrogen functional groups attached to an aromatic ring is 1. The van der Waals surface area contributed by atoms with Crippen LogP contribution in [0.5, 0.6) is 0 Å². The van der Waals surface area contributed by atoms with Gasteiger partial charge in [-0.2, -0.15) is 0 Å². The number of anilines is 1. The zero-order valence-corrected chi connectivity index (χ0v) is 12.2. The molecule has 1 aliphatic heterocycles. The number of hydrogen-bond donors (Lipinski definition) is 1. The van der Waals surface area contributed by atoms with E-state index in [0.29, 0.717) is 29.0 Å². The van der Waals surface area contributed by atoms with Crippen molar-refractivity contribution in [1.29, 1.82) is 0 Å². The maximum atomic E-state index is 13.7. The quantitative estimate of drug-likeness (QED) is 0.871. The third kappa shape index (κ3) is 2.06. The van der Waals surface area contributed by atoms with Crippen LogP contribution in [-0.2, 0) is 0 Å². The molecule has 0 bridgehead atoms. The summed E-state index contributed by atoms with van der Waals surface area (Å²) in [6, 6.07) is 3.68. The lowest BCUT2D eigenvalue weighted by Crippen LogP contribution is -2.38. The zero-order chi connectivity index (χ0) is 14.4. The van der Waals surface area contributed by atoms with Gasteiger partial charge in [0.2, 0.25) is 5.95 Å². The Morgan fingerprint density at radius 2 is 2.15 bits per heavy atom. The van der Waals surface area contributed by atoms with Crippen molar-refractivity contribution in [1.82, 2.24) is 14.5 Å². The van der Waals surface area contributed by atoms with Gasteiger partial charge in [-0.3, -0.25) is 0 Å². The van der Waals surface area contributed by atoms with E-state index in [1.165, 1.54) is 6.07 Å². The molecule has 0 amide bonds. The van der Waals surface area contributed by atoms with Gasteiger partial charge in [-0.15, -0.1) is 0 Å². The minimum absolute atomic E-state index is 0.224. The molecule has 1 saturated heterocycles. The molecule has 1 aliphatic rings. The molecule has 1 aromatic heterocycles. The van der Waals surface area contributed by atoms with E-state index in [0.717, 1.165) is 25.0 Å².